The Morgan fingerprint density at radius 1 is 1.10 bits per heavy atom. The number of hydrogen-bond donors (Lipinski definition) is 0. The van der Waals surface area contributed by atoms with Crippen LogP contribution in [0.15, 0.2) is 29.1 Å². The molecule has 0 aliphatic heterocycles. The zero-order chi connectivity index (χ0) is 23.0. The molecule has 1 aromatic heterocycles. The minimum absolute atomic E-state index is 0.0350. The number of para-hydroxylation sites is 1. The van der Waals surface area contributed by atoms with Crippen molar-refractivity contribution in [2.45, 2.75) is 52.6 Å². The molecule has 0 aliphatic carbocycles. The van der Waals surface area contributed by atoms with E-state index in [4.69, 9.17) is 9.72 Å². The van der Waals surface area contributed by atoms with Gasteiger partial charge in [0.1, 0.15) is 5.82 Å². The van der Waals surface area contributed by atoms with Gasteiger partial charge in [-0.2, -0.15) is 0 Å². The van der Waals surface area contributed by atoms with E-state index in [-0.39, 0.29) is 36.3 Å². The van der Waals surface area contributed by atoms with Crippen molar-refractivity contribution in [1.29, 1.82) is 0 Å². The second kappa shape index (κ2) is 11.6. The topological polar surface area (TPSA) is 84.7 Å². The first-order valence-corrected chi connectivity index (χ1v) is 10.9. The van der Waals surface area contributed by atoms with Crippen molar-refractivity contribution >= 4 is 22.8 Å². The van der Waals surface area contributed by atoms with Crippen LogP contribution in [0.4, 0.5) is 0 Å². The number of benzene rings is 1. The number of likely N-dealkylation sites (N-methyl/N-ethyl adjacent to an activating group) is 1. The van der Waals surface area contributed by atoms with Crippen LogP contribution in [-0.2, 0) is 20.9 Å². The fourth-order valence-corrected chi connectivity index (χ4v) is 3.64. The Kier molecular flexibility index (Phi) is 9.18. The lowest BCUT2D eigenvalue weighted by molar-refractivity contribution is -0.146. The molecular formula is C23H34N4O4. The highest BCUT2D eigenvalue weighted by Gasteiger charge is 2.28. The van der Waals surface area contributed by atoms with E-state index in [0.29, 0.717) is 49.4 Å². The summed E-state index contributed by atoms with van der Waals surface area (Å²) in [4.78, 5) is 46.6. The van der Waals surface area contributed by atoms with Crippen molar-refractivity contribution < 1.29 is 14.3 Å². The van der Waals surface area contributed by atoms with E-state index in [2.05, 4.69) is 0 Å². The number of esters is 1. The normalized spacial score (nSPS) is 12.2. The van der Waals surface area contributed by atoms with Crippen LogP contribution in [0.3, 0.4) is 0 Å². The Morgan fingerprint density at radius 2 is 1.81 bits per heavy atom. The van der Waals surface area contributed by atoms with Gasteiger partial charge >= 0.3 is 5.97 Å². The molecule has 1 amide bonds. The van der Waals surface area contributed by atoms with Gasteiger partial charge in [0.2, 0.25) is 5.91 Å². The summed E-state index contributed by atoms with van der Waals surface area (Å²) in [5.74, 6) is 0.0505. The lowest BCUT2D eigenvalue weighted by atomic mass is 10.1. The zero-order valence-electron chi connectivity index (χ0n) is 19.3. The van der Waals surface area contributed by atoms with E-state index in [9.17, 15) is 14.4 Å². The highest BCUT2D eigenvalue weighted by atomic mass is 16.5. The fourth-order valence-electron chi connectivity index (χ4n) is 3.64. The molecule has 8 nitrogen and oxygen atoms in total. The van der Waals surface area contributed by atoms with Crippen molar-refractivity contribution in [3.8, 4) is 0 Å². The van der Waals surface area contributed by atoms with Crippen molar-refractivity contribution in [3.05, 3.63) is 40.4 Å². The fraction of sp³-hybridized carbons (Fsp3) is 0.565. The van der Waals surface area contributed by atoms with Crippen LogP contribution >= 0.6 is 0 Å². The van der Waals surface area contributed by atoms with E-state index in [1.807, 2.05) is 51.0 Å². The average Bonchev–Trinajstić information content (AvgIpc) is 2.75. The first-order valence-electron chi connectivity index (χ1n) is 10.9. The van der Waals surface area contributed by atoms with E-state index in [0.717, 1.165) is 0 Å². The lowest BCUT2D eigenvalue weighted by Crippen LogP contribution is -2.42. The minimum atomic E-state index is -0.384. The van der Waals surface area contributed by atoms with Gasteiger partial charge in [0.15, 0.2) is 0 Å². The number of rotatable bonds is 11. The van der Waals surface area contributed by atoms with E-state index < -0.39 is 0 Å². The van der Waals surface area contributed by atoms with E-state index in [1.165, 1.54) is 0 Å². The Bertz CT molecular complexity index is 954. The van der Waals surface area contributed by atoms with Gasteiger partial charge in [-0.1, -0.05) is 19.1 Å². The first kappa shape index (κ1) is 24.5. The van der Waals surface area contributed by atoms with Crippen LogP contribution in [-0.4, -0.2) is 65.0 Å². The molecule has 0 bridgehead atoms. The zero-order valence-corrected chi connectivity index (χ0v) is 19.3. The van der Waals surface area contributed by atoms with Gasteiger partial charge in [-0.05, 0) is 46.5 Å². The molecule has 1 heterocycles. The smallest absolute Gasteiger partial charge is 0.306 e. The highest BCUT2D eigenvalue weighted by Crippen LogP contribution is 2.25. The van der Waals surface area contributed by atoms with Gasteiger partial charge in [-0.25, -0.2) is 4.98 Å². The third-order valence-electron chi connectivity index (χ3n) is 5.23. The number of ether oxygens (including phenoxy) is 1. The number of aromatic nitrogens is 2. The number of carbonyl (C=O) groups is 2. The van der Waals surface area contributed by atoms with Gasteiger partial charge in [0.05, 0.1) is 30.0 Å². The molecule has 2 aromatic rings. The van der Waals surface area contributed by atoms with Crippen LogP contribution in [0.2, 0.25) is 0 Å². The molecular weight excluding hydrogens is 396 g/mol. The molecule has 0 aliphatic rings. The number of fused-ring (bicyclic) bond motifs is 1. The summed E-state index contributed by atoms with van der Waals surface area (Å²) in [5.41, 5.74) is 0.519. The number of hydrogen-bond acceptors (Lipinski definition) is 6. The lowest BCUT2D eigenvalue weighted by Gasteiger charge is -2.33. The Balaban J connectivity index is 2.46. The molecule has 1 unspecified atom stereocenters. The third-order valence-corrected chi connectivity index (χ3v) is 5.23. The van der Waals surface area contributed by atoms with Gasteiger partial charge < -0.3 is 14.5 Å². The largest absolute Gasteiger partial charge is 0.466 e. The summed E-state index contributed by atoms with van der Waals surface area (Å²) >= 11 is 0. The maximum Gasteiger partial charge on any atom is 0.306 e. The SMILES string of the molecule is CCOC(=O)CCC(=O)N(CCN(C)C)C(CC)c1nc2ccccc2c(=O)n1CC. The summed E-state index contributed by atoms with van der Waals surface area (Å²) in [5, 5.41) is 0.566. The van der Waals surface area contributed by atoms with Crippen LogP contribution in [0.5, 0.6) is 0 Å². The van der Waals surface area contributed by atoms with Crippen LogP contribution in [0, 0.1) is 0 Å². The molecule has 31 heavy (non-hydrogen) atoms. The summed E-state index contributed by atoms with van der Waals surface area (Å²) in [6.45, 7) is 7.50. The molecule has 0 saturated heterocycles. The van der Waals surface area contributed by atoms with Crippen LogP contribution in [0.1, 0.15) is 51.9 Å². The second-order valence-electron chi connectivity index (χ2n) is 7.66. The summed E-state index contributed by atoms with van der Waals surface area (Å²) in [6, 6.07) is 6.90. The maximum absolute atomic E-state index is 13.2. The van der Waals surface area contributed by atoms with Crippen LogP contribution in [0.25, 0.3) is 10.9 Å². The van der Waals surface area contributed by atoms with Crippen LogP contribution < -0.4 is 5.56 Å². The number of carbonyl (C=O) groups excluding carboxylic acids is 2. The van der Waals surface area contributed by atoms with Crippen molar-refractivity contribution in [3.63, 3.8) is 0 Å². The molecule has 0 N–H and O–H groups in total. The van der Waals surface area contributed by atoms with Gasteiger partial charge in [0.25, 0.3) is 5.56 Å². The van der Waals surface area contributed by atoms with Gasteiger partial charge in [-0.15, -0.1) is 0 Å². The van der Waals surface area contributed by atoms with Gasteiger partial charge in [-0.3, -0.25) is 19.0 Å². The quantitative estimate of drug-likeness (QED) is 0.510. The van der Waals surface area contributed by atoms with Crippen molar-refractivity contribution in [2.24, 2.45) is 0 Å². The molecule has 0 fully saturated rings. The Hall–Kier alpha value is -2.74. The Morgan fingerprint density at radius 3 is 2.42 bits per heavy atom. The standard InChI is InChI=1S/C23H34N4O4/c1-6-19(22-24-18-12-10-9-11-17(18)23(30)26(22)7-2)27(16-15-25(4)5)20(28)13-14-21(29)31-8-3/h9-12,19H,6-8,13-16H2,1-5H3. The minimum Gasteiger partial charge on any atom is -0.466 e. The monoisotopic (exact) mass is 430 g/mol. The van der Waals surface area contributed by atoms with Gasteiger partial charge in [0, 0.05) is 26.1 Å². The molecule has 1 atom stereocenters. The third kappa shape index (κ3) is 6.13. The molecule has 0 radical (unpaired) electrons. The number of nitrogens with zero attached hydrogens (tertiary/aromatic N) is 4. The average molecular weight is 431 g/mol. The van der Waals surface area contributed by atoms with E-state index in [1.54, 1.807) is 22.5 Å². The van der Waals surface area contributed by atoms with Crippen molar-refractivity contribution in [2.75, 3.05) is 33.8 Å². The first-order chi connectivity index (χ1) is 14.8. The highest BCUT2D eigenvalue weighted by molar-refractivity contribution is 5.82. The molecule has 0 spiro atoms. The molecule has 170 valence electrons. The van der Waals surface area contributed by atoms with Crippen molar-refractivity contribution in [1.82, 2.24) is 19.4 Å². The number of amides is 1. The Labute approximate surface area is 183 Å². The summed E-state index contributed by atoms with van der Waals surface area (Å²) in [6.07, 6.45) is 0.698. The molecule has 1 aromatic carbocycles. The second-order valence-corrected chi connectivity index (χ2v) is 7.66. The van der Waals surface area contributed by atoms with E-state index >= 15 is 0 Å². The maximum atomic E-state index is 13.2. The molecule has 0 saturated carbocycles. The predicted molar refractivity (Wildman–Crippen MR) is 121 cm³/mol. The predicted octanol–water partition coefficient (Wildman–Crippen LogP) is 2.60. The summed E-state index contributed by atoms with van der Waals surface area (Å²) < 4.78 is 6.62. The molecule has 8 heteroatoms. The summed E-state index contributed by atoms with van der Waals surface area (Å²) in [7, 11) is 3.89. The molecule has 2 rings (SSSR count).